The number of rotatable bonds is 10. The number of hydrogen-bond donors (Lipinski definition) is 2. The lowest BCUT2D eigenvalue weighted by molar-refractivity contribution is 0.0899. The Morgan fingerprint density at radius 3 is 2.58 bits per heavy atom. The Morgan fingerprint density at radius 2 is 1.82 bits per heavy atom. The second-order valence-electron chi connectivity index (χ2n) is 12.4. The molecule has 0 aliphatic heterocycles. The number of nitrogens with zero attached hydrogens (tertiary/aromatic N) is 6. The fourth-order valence-electron chi connectivity index (χ4n) is 5.42. The number of halogens is 1. The highest BCUT2D eigenvalue weighted by atomic mass is 35.5. The van der Waals surface area contributed by atoms with Gasteiger partial charge in [-0.25, -0.2) is 14.5 Å². The highest BCUT2D eigenvalue weighted by molar-refractivity contribution is 6.76. The van der Waals surface area contributed by atoms with E-state index < -0.39 is 14.1 Å². The monoisotopic (exact) mass is 641 g/mol. The van der Waals surface area contributed by atoms with Crippen molar-refractivity contribution in [3.05, 3.63) is 100 Å². The number of ether oxygens (including phenoxy) is 1. The molecule has 45 heavy (non-hydrogen) atoms. The quantitative estimate of drug-likeness (QED) is 0.122. The van der Waals surface area contributed by atoms with Gasteiger partial charge in [-0.2, -0.15) is 5.10 Å². The molecule has 6 rings (SSSR count). The molecule has 2 N–H and O–H groups in total. The second kappa shape index (κ2) is 12.1. The molecule has 0 aliphatic rings. The normalized spacial score (nSPS) is 12.7. The van der Waals surface area contributed by atoms with E-state index in [0.717, 1.165) is 11.6 Å². The van der Waals surface area contributed by atoms with Crippen LogP contribution in [0, 0.1) is 6.92 Å². The minimum atomic E-state index is -1.27. The molecule has 0 radical (unpaired) electrons. The Bertz CT molecular complexity index is 2070. The number of anilines is 1. The molecule has 0 fully saturated rings. The minimum Gasteiger partial charge on any atom is -0.506 e. The fraction of sp³-hybridized carbons (Fsp3) is 0.273. The van der Waals surface area contributed by atoms with Crippen molar-refractivity contribution in [2.75, 3.05) is 11.9 Å². The Morgan fingerprint density at radius 1 is 1.04 bits per heavy atom. The number of phenolic OH excluding ortho intramolecular Hbond substituents is 1. The van der Waals surface area contributed by atoms with Crippen molar-refractivity contribution in [1.29, 1.82) is 0 Å². The third-order valence-electron chi connectivity index (χ3n) is 7.83. The lowest BCUT2D eigenvalue weighted by Gasteiger charge is -2.20. The molecule has 1 unspecified atom stereocenters. The summed E-state index contributed by atoms with van der Waals surface area (Å²) in [6.45, 7) is 11.7. The Hall–Kier alpha value is -4.45. The van der Waals surface area contributed by atoms with Crippen LogP contribution in [-0.4, -0.2) is 48.5 Å². The Kier molecular flexibility index (Phi) is 8.25. The molecule has 2 aromatic carbocycles. The van der Waals surface area contributed by atoms with Crippen molar-refractivity contribution in [3.63, 3.8) is 0 Å². The molecular weight excluding hydrogens is 606 g/mol. The summed E-state index contributed by atoms with van der Waals surface area (Å²) < 4.78 is 11.3. The molecule has 12 heteroatoms. The third-order valence-corrected chi connectivity index (χ3v) is 9.83. The van der Waals surface area contributed by atoms with Gasteiger partial charge in [0.15, 0.2) is 5.82 Å². The summed E-state index contributed by atoms with van der Waals surface area (Å²) in [5.74, 6) is 0.983. The maximum Gasteiger partial charge on any atom is 0.282 e. The SMILES string of the molecule is Cc1ccn2nc(C(C)Nc3ncnc4c3c(-c3cccc(Cl)c3O)cn4COCC[Si](C)(C)C)n(-c3ccccc3)c(=O)c12. The molecule has 0 saturated heterocycles. The number of para-hydroxylation sites is 2. The van der Waals surface area contributed by atoms with Gasteiger partial charge in [0.2, 0.25) is 0 Å². The predicted molar refractivity (Wildman–Crippen MR) is 181 cm³/mol. The van der Waals surface area contributed by atoms with E-state index in [1.807, 2.05) is 67.1 Å². The van der Waals surface area contributed by atoms with Crippen molar-refractivity contribution in [1.82, 2.24) is 28.7 Å². The van der Waals surface area contributed by atoms with Crippen LogP contribution in [-0.2, 0) is 11.5 Å². The first-order valence-corrected chi connectivity index (χ1v) is 18.9. The summed E-state index contributed by atoms with van der Waals surface area (Å²) in [4.78, 5) is 23.2. The number of aromatic nitrogens is 6. The van der Waals surface area contributed by atoms with Crippen molar-refractivity contribution >= 4 is 42.0 Å². The first kappa shape index (κ1) is 30.6. The van der Waals surface area contributed by atoms with Crippen LogP contribution >= 0.6 is 11.6 Å². The fourth-order valence-corrected chi connectivity index (χ4v) is 6.35. The van der Waals surface area contributed by atoms with Gasteiger partial charge in [0.25, 0.3) is 5.56 Å². The molecule has 0 bridgehead atoms. The largest absolute Gasteiger partial charge is 0.506 e. The van der Waals surface area contributed by atoms with Crippen LogP contribution in [0.1, 0.15) is 24.4 Å². The molecule has 0 aliphatic carbocycles. The van der Waals surface area contributed by atoms with Crippen LogP contribution in [0.5, 0.6) is 5.75 Å². The maximum absolute atomic E-state index is 13.9. The zero-order chi connectivity index (χ0) is 31.9. The number of benzene rings is 2. The number of aryl methyl sites for hydroxylation is 1. The van der Waals surface area contributed by atoms with Crippen LogP contribution in [0.3, 0.4) is 0 Å². The molecule has 0 amide bonds. The zero-order valence-corrected chi connectivity index (χ0v) is 27.7. The van der Waals surface area contributed by atoms with E-state index in [2.05, 4.69) is 34.9 Å². The number of aromatic hydroxyl groups is 1. The standard InChI is InChI=1S/C33H36ClN7O3Si/c1-21-14-15-40-28(21)33(43)41(23-10-7-6-8-11-23)31(38-40)22(2)37-30-27-25(24-12-9-13-26(34)29(24)42)18-39(32(27)36-19-35-30)20-44-16-17-45(3,4)5/h6-15,18-19,22,42H,16-17,20H2,1-5H3,(H,35,36,37). The van der Waals surface area contributed by atoms with Crippen molar-refractivity contribution in [2.24, 2.45) is 0 Å². The zero-order valence-electron chi connectivity index (χ0n) is 26.0. The predicted octanol–water partition coefficient (Wildman–Crippen LogP) is 7.05. The van der Waals surface area contributed by atoms with Gasteiger partial charge in [-0.1, -0.05) is 61.6 Å². The van der Waals surface area contributed by atoms with Crippen molar-refractivity contribution in [3.8, 4) is 22.6 Å². The molecular formula is C33H36ClN7O3Si. The van der Waals surface area contributed by atoms with Gasteiger partial charge in [-0.3, -0.25) is 9.36 Å². The van der Waals surface area contributed by atoms with Gasteiger partial charge in [0.1, 0.15) is 35.8 Å². The first-order chi connectivity index (χ1) is 21.5. The second-order valence-corrected chi connectivity index (χ2v) is 18.4. The van der Waals surface area contributed by atoms with E-state index in [1.54, 1.807) is 27.4 Å². The lowest BCUT2D eigenvalue weighted by Crippen LogP contribution is -2.29. The maximum atomic E-state index is 13.9. The summed E-state index contributed by atoms with van der Waals surface area (Å²) in [7, 11) is -1.27. The van der Waals surface area contributed by atoms with Crippen LogP contribution in [0.15, 0.2) is 78.1 Å². The number of phenols is 1. The third kappa shape index (κ3) is 5.98. The van der Waals surface area contributed by atoms with Gasteiger partial charge in [-0.05, 0) is 49.7 Å². The van der Waals surface area contributed by atoms with E-state index in [0.29, 0.717) is 51.6 Å². The van der Waals surface area contributed by atoms with Crippen molar-refractivity contribution in [2.45, 2.75) is 52.3 Å². The topological polar surface area (TPSA) is 112 Å². The molecule has 1 atom stereocenters. The summed E-state index contributed by atoms with van der Waals surface area (Å²) in [5.41, 5.74) is 3.78. The van der Waals surface area contributed by atoms with E-state index >= 15 is 0 Å². The molecule has 0 saturated carbocycles. The van der Waals surface area contributed by atoms with E-state index in [4.69, 9.17) is 21.4 Å². The average molecular weight is 642 g/mol. The summed E-state index contributed by atoms with van der Waals surface area (Å²) in [5, 5.41) is 20.3. The highest BCUT2D eigenvalue weighted by Gasteiger charge is 2.24. The van der Waals surface area contributed by atoms with Gasteiger partial charge >= 0.3 is 0 Å². The summed E-state index contributed by atoms with van der Waals surface area (Å²) in [6.07, 6.45) is 5.19. The average Bonchev–Trinajstić information content (AvgIpc) is 3.57. The minimum absolute atomic E-state index is 0.0336. The molecule has 4 heterocycles. The number of nitrogens with one attached hydrogen (secondary N) is 1. The summed E-state index contributed by atoms with van der Waals surface area (Å²) in [6, 6.07) is 17.2. The summed E-state index contributed by atoms with van der Waals surface area (Å²) >= 11 is 6.34. The Labute approximate surface area is 266 Å². The van der Waals surface area contributed by atoms with Crippen LogP contribution < -0.4 is 10.9 Å². The van der Waals surface area contributed by atoms with E-state index in [1.165, 1.54) is 6.33 Å². The molecule has 10 nitrogen and oxygen atoms in total. The molecule has 0 spiro atoms. The first-order valence-electron chi connectivity index (χ1n) is 14.9. The lowest BCUT2D eigenvalue weighted by atomic mass is 10.0. The highest BCUT2D eigenvalue weighted by Crippen LogP contribution is 2.41. The van der Waals surface area contributed by atoms with Crippen LogP contribution in [0.25, 0.3) is 33.4 Å². The molecule has 4 aromatic heterocycles. The van der Waals surface area contributed by atoms with Gasteiger partial charge in [0.05, 0.1) is 22.1 Å². The smallest absolute Gasteiger partial charge is 0.282 e. The Balaban J connectivity index is 1.47. The van der Waals surface area contributed by atoms with Gasteiger partial charge < -0.3 is 19.7 Å². The van der Waals surface area contributed by atoms with E-state index in [-0.39, 0.29) is 23.1 Å². The number of fused-ring (bicyclic) bond motifs is 2. The van der Waals surface area contributed by atoms with E-state index in [9.17, 15) is 9.90 Å². The van der Waals surface area contributed by atoms with Gasteiger partial charge in [-0.15, -0.1) is 0 Å². The van der Waals surface area contributed by atoms with Crippen LogP contribution in [0.2, 0.25) is 30.7 Å². The number of hydrogen-bond acceptors (Lipinski definition) is 7. The van der Waals surface area contributed by atoms with Crippen molar-refractivity contribution < 1.29 is 9.84 Å². The van der Waals surface area contributed by atoms with Crippen LogP contribution in [0.4, 0.5) is 5.82 Å². The van der Waals surface area contributed by atoms with Gasteiger partial charge in [0, 0.05) is 38.2 Å². The molecule has 232 valence electrons. The molecule has 6 aromatic rings.